The number of oxime groups is 2. The van der Waals surface area contributed by atoms with E-state index in [0.29, 0.717) is 0 Å². The molecule has 0 aromatic heterocycles. The molecule has 0 spiro atoms. The van der Waals surface area contributed by atoms with Gasteiger partial charge in [-0.25, -0.2) is 9.59 Å². The summed E-state index contributed by atoms with van der Waals surface area (Å²) in [5.74, 6) is -2.13. The van der Waals surface area contributed by atoms with E-state index in [1.165, 1.54) is 28.1 Å². The summed E-state index contributed by atoms with van der Waals surface area (Å²) >= 11 is 0. The molecule has 17 heavy (non-hydrogen) atoms. The third-order valence-electron chi connectivity index (χ3n) is 1.08. The van der Waals surface area contributed by atoms with Gasteiger partial charge >= 0.3 is 11.9 Å². The molecule has 94 valence electrons. The normalized spacial score (nSPS) is 10.4. The smallest absolute Gasteiger partial charge is 0.353 e. The van der Waals surface area contributed by atoms with Crippen molar-refractivity contribution in [3.05, 3.63) is 0 Å². The second-order valence-corrected chi connectivity index (χ2v) is 2.33. The zero-order valence-corrected chi connectivity index (χ0v) is 13.1. The molecule has 0 aromatic rings. The molecule has 0 radical (unpaired) electrons. The Morgan fingerprint density at radius 3 is 1.18 bits per heavy atom. The number of carboxylic acid groups (broad SMARTS) is 2. The van der Waals surface area contributed by atoms with Crippen LogP contribution >= 0.6 is 0 Å². The van der Waals surface area contributed by atoms with Crippen LogP contribution in [0.15, 0.2) is 10.3 Å². The Morgan fingerprint density at radius 1 is 0.882 bits per heavy atom. The van der Waals surface area contributed by atoms with Gasteiger partial charge in [0.05, 0.1) is 0 Å². The van der Waals surface area contributed by atoms with Crippen molar-refractivity contribution >= 4 is 23.4 Å². The van der Waals surface area contributed by atoms with Gasteiger partial charge in [0.15, 0.2) is 11.4 Å². The minimum Gasteiger partial charge on any atom is -0.477 e. The Bertz CT molecular complexity index is 272. The Hall–Kier alpha value is -1.50. The van der Waals surface area contributed by atoms with Crippen molar-refractivity contribution in [3.8, 4) is 0 Å². The number of nitrogens with zero attached hydrogens (tertiary/aromatic N) is 2. The molecule has 0 fully saturated rings. The van der Waals surface area contributed by atoms with Gasteiger partial charge in [-0.15, -0.1) is 0 Å². The first kappa shape index (κ1) is 20.9. The van der Waals surface area contributed by atoms with Gasteiger partial charge in [0.25, 0.3) is 0 Å². The number of carbonyl (C=O) groups is 2. The third-order valence-corrected chi connectivity index (χ3v) is 1.08. The van der Waals surface area contributed by atoms with Crippen LogP contribution in [0, 0.1) is 0 Å². The summed E-state index contributed by atoms with van der Waals surface area (Å²) in [6.07, 6.45) is 0. The zero-order valence-electron chi connectivity index (χ0n) is 10.1. The van der Waals surface area contributed by atoms with E-state index in [0.717, 1.165) is 0 Å². The molecule has 9 heteroatoms. The van der Waals surface area contributed by atoms with Gasteiger partial charge in [0, 0.05) is 19.5 Å². The van der Waals surface area contributed by atoms with Gasteiger partial charge in [-0.3, -0.25) is 0 Å². The van der Waals surface area contributed by atoms with Crippen molar-refractivity contribution in [1.29, 1.82) is 0 Å². The molecule has 0 amide bonds. The molecule has 0 atom stereocenters. The van der Waals surface area contributed by atoms with E-state index < -0.39 is 11.9 Å². The maximum absolute atomic E-state index is 9.88. The molecule has 8 nitrogen and oxygen atoms in total. The number of aliphatic carboxylic acids is 2. The first-order chi connectivity index (χ1) is 7.36. The van der Waals surface area contributed by atoms with Crippen LogP contribution in [0.3, 0.4) is 0 Å². The minimum atomic E-state index is -1.06. The van der Waals surface area contributed by atoms with Crippen LogP contribution in [0.5, 0.6) is 0 Å². The quantitative estimate of drug-likeness (QED) is 0.434. The van der Waals surface area contributed by atoms with Gasteiger partial charge in [-0.05, 0) is 13.8 Å². The summed E-state index contributed by atoms with van der Waals surface area (Å²) in [6.45, 7) is 2.71. The standard InChI is InChI=1S/2C4H7NO3.Zn/c2*1-3(4(6)7)5-8-2;/h2*1-2H3,(H,6,7);. The number of carboxylic acids is 2. The van der Waals surface area contributed by atoms with Crippen LogP contribution in [0.1, 0.15) is 13.8 Å². The van der Waals surface area contributed by atoms with Crippen molar-refractivity contribution < 1.29 is 49.0 Å². The predicted octanol–water partition coefficient (Wildman–Crippen LogP) is 0.184. The molecule has 0 aliphatic heterocycles. The molecule has 0 saturated heterocycles. The first-order valence-corrected chi connectivity index (χ1v) is 3.98. The van der Waals surface area contributed by atoms with Crippen LogP contribution in [-0.4, -0.2) is 47.8 Å². The zero-order chi connectivity index (χ0) is 13.1. The molecular formula is C8H14N2O6Zn. The van der Waals surface area contributed by atoms with Crippen LogP contribution in [0.2, 0.25) is 0 Å². The van der Waals surface area contributed by atoms with Crippen molar-refractivity contribution in [2.45, 2.75) is 13.8 Å². The molecule has 0 rings (SSSR count). The minimum absolute atomic E-state index is 0. The Kier molecular flexibility index (Phi) is 15.4. The van der Waals surface area contributed by atoms with Crippen molar-refractivity contribution in [2.75, 3.05) is 14.2 Å². The molecule has 0 aromatic carbocycles. The van der Waals surface area contributed by atoms with Crippen LogP contribution in [0.25, 0.3) is 0 Å². The van der Waals surface area contributed by atoms with Gasteiger partial charge < -0.3 is 19.9 Å². The average Bonchev–Trinajstić information content (AvgIpc) is 2.19. The van der Waals surface area contributed by atoms with Crippen molar-refractivity contribution in [1.82, 2.24) is 0 Å². The van der Waals surface area contributed by atoms with E-state index in [9.17, 15) is 9.59 Å². The van der Waals surface area contributed by atoms with Gasteiger partial charge in [-0.1, -0.05) is 10.3 Å². The van der Waals surface area contributed by atoms with E-state index in [1.807, 2.05) is 0 Å². The van der Waals surface area contributed by atoms with E-state index in [1.54, 1.807) is 0 Å². The largest absolute Gasteiger partial charge is 0.477 e. The second kappa shape index (κ2) is 12.6. The molecular weight excluding hydrogens is 285 g/mol. The van der Waals surface area contributed by atoms with Crippen LogP contribution < -0.4 is 0 Å². The summed E-state index contributed by atoms with van der Waals surface area (Å²) in [5, 5.41) is 22.5. The maximum atomic E-state index is 9.88. The van der Waals surface area contributed by atoms with Gasteiger partial charge in [0.2, 0.25) is 0 Å². The molecule has 0 bridgehead atoms. The molecule has 0 saturated carbocycles. The fraction of sp³-hybridized carbons (Fsp3) is 0.500. The Balaban J connectivity index is -0.000000218. The fourth-order valence-electron chi connectivity index (χ4n) is 0.352. The topological polar surface area (TPSA) is 118 Å². The van der Waals surface area contributed by atoms with Crippen molar-refractivity contribution in [3.63, 3.8) is 0 Å². The van der Waals surface area contributed by atoms with Gasteiger partial charge in [0.1, 0.15) is 14.2 Å². The first-order valence-electron chi connectivity index (χ1n) is 3.98. The van der Waals surface area contributed by atoms with Gasteiger partial charge in [-0.2, -0.15) is 0 Å². The third kappa shape index (κ3) is 14.5. The van der Waals surface area contributed by atoms with Crippen LogP contribution in [-0.2, 0) is 38.7 Å². The summed E-state index contributed by atoms with van der Waals surface area (Å²) in [4.78, 5) is 28.1. The SMILES string of the molecule is CON=C(C)C(=O)O.CON=C(C)C(=O)O.[Zn]. The molecule has 0 heterocycles. The van der Waals surface area contributed by atoms with E-state index >= 15 is 0 Å². The second-order valence-electron chi connectivity index (χ2n) is 2.33. The van der Waals surface area contributed by atoms with E-state index in [2.05, 4.69) is 20.0 Å². The Morgan fingerprint density at radius 2 is 1.12 bits per heavy atom. The number of hydrogen-bond acceptors (Lipinski definition) is 6. The molecule has 0 aliphatic rings. The maximum Gasteiger partial charge on any atom is 0.353 e. The monoisotopic (exact) mass is 298 g/mol. The van der Waals surface area contributed by atoms with Crippen molar-refractivity contribution in [2.24, 2.45) is 10.3 Å². The summed E-state index contributed by atoms with van der Waals surface area (Å²) in [7, 11) is 2.60. The average molecular weight is 300 g/mol. The Labute approximate surface area is 111 Å². The van der Waals surface area contributed by atoms with E-state index in [4.69, 9.17) is 10.2 Å². The summed E-state index contributed by atoms with van der Waals surface area (Å²) < 4.78 is 0. The van der Waals surface area contributed by atoms with E-state index in [-0.39, 0.29) is 30.9 Å². The summed E-state index contributed by atoms with van der Waals surface area (Å²) in [6, 6.07) is 0. The number of hydrogen-bond donors (Lipinski definition) is 2. The number of rotatable bonds is 4. The molecule has 0 aliphatic carbocycles. The fourth-order valence-corrected chi connectivity index (χ4v) is 0.352. The molecule has 2 N–H and O–H groups in total. The predicted molar refractivity (Wildman–Crippen MR) is 55.5 cm³/mol. The van der Waals surface area contributed by atoms with Crippen LogP contribution in [0.4, 0.5) is 0 Å². The molecule has 0 unspecified atom stereocenters. The summed E-state index contributed by atoms with van der Waals surface area (Å²) in [5.41, 5.74) is -0.0972.